The molecule has 0 aliphatic carbocycles. The van der Waals surface area contributed by atoms with Crippen molar-refractivity contribution in [3.63, 3.8) is 0 Å². The Morgan fingerprint density at radius 1 is 0.907 bits per heavy atom. The van der Waals surface area contributed by atoms with Crippen LogP contribution >= 0.6 is 11.6 Å². The highest BCUT2D eigenvalue weighted by molar-refractivity contribution is 6.34. The number of unbranched alkanes of at least 4 members (excludes halogenated alkanes) is 11. The van der Waals surface area contributed by atoms with Gasteiger partial charge in [0.2, 0.25) is 0 Å². The summed E-state index contributed by atoms with van der Waals surface area (Å²) in [6, 6.07) is 5.58. The Labute approximate surface area is 261 Å². The van der Waals surface area contributed by atoms with Gasteiger partial charge in [0.05, 0.1) is 18.7 Å². The average Bonchev–Trinajstić information content (AvgIpc) is 3.52. The van der Waals surface area contributed by atoms with Crippen LogP contribution in [0.2, 0.25) is 5.02 Å². The number of nitrogens with one attached hydrogen (secondary N) is 2. The minimum atomic E-state index is -0.638. The van der Waals surface area contributed by atoms with Crippen LogP contribution in [0.5, 0.6) is 0 Å². The van der Waals surface area contributed by atoms with Gasteiger partial charge < -0.3 is 14.5 Å². The van der Waals surface area contributed by atoms with Crippen molar-refractivity contribution in [3.05, 3.63) is 34.5 Å². The maximum Gasteiger partial charge on any atom is 0.411 e. The second kappa shape index (κ2) is 17.3. The smallest absolute Gasteiger partial charge is 0.411 e. The highest BCUT2D eigenvalue weighted by atomic mass is 35.5. The third kappa shape index (κ3) is 11.2. The van der Waals surface area contributed by atoms with Crippen molar-refractivity contribution in [2.24, 2.45) is 0 Å². The summed E-state index contributed by atoms with van der Waals surface area (Å²) in [7, 11) is 0. The van der Waals surface area contributed by atoms with Crippen LogP contribution in [0.3, 0.4) is 0 Å². The van der Waals surface area contributed by atoms with Crippen molar-refractivity contribution >= 4 is 35.0 Å². The molecule has 3 rings (SSSR count). The summed E-state index contributed by atoms with van der Waals surface area (Å²) < 4.78 is 12.0. The Balaban J connectivity index is 1.32. The fourth-order valence-corrected chi connectivity index (χ4v) is 5.33. The molecule has 0 fully saturated rings. The van der Waals surface area contributed by atoms with E-state index in [0.717, 1.165) is 29.7 Å². The molecular formula is C33H50ClN5O4. The van der Waals surface area contributed by atoms with E-state index in [9.17, 15) is 9.59 Å². The van der Waals surface area contributed by atoms with Gasteiger partial charge >= 0.3 is 12.1 Å². The number of fused-ring (bicyclic) bond motifs is 1. The zero-order valence-electron chi connectivity index (χ0n) is 26.7. The van der Waals surface area contributed by atoms with Crippen molar-refractivity contribution in [2.45, 2.75) is 124 Å². The Bertz CT molecular complexity index is 1310. The van der Waals surface area contributed by atoms with Crippen molar-refractivity contribution in [3.8, 4) is 11.4 Å². The summed E-state index contributed by atoms with van der Waals surface area (Å²) in [5.74, 6) is 0.211. The molecule has 1 aromatic carbocycles. The van der Waals surface area contributed by atoms with E-state index in [0.29, 0.717) is 28.8 Å². The van der Waals surface area contributed by atoms with E-state index in [4.69, 9.17) is 21.1 Å². The molecule has 0 aliphatic heterocycles. The van der Waals surface area contributed by atoms with Gasteiger partial charge in [-0.15, -0.1) is 9.73 Å². The molecule has 2 aromatic heterocycles. The summed E-state index contributed by atoms with van der Waals surface area (Å²) in [6.07, 6.45) is 14.5. The summed E-state index contributed by atoms with van der Waals surface area (Å²) >= 11 is 6.56. The predicted octanol–water partition coefficient (Wildman–Crippen LogP) is 9.17. The Hall–Kier alpha value is -3.07. The number of esters is 1. The normalized spacial score (nSPS) is 11.7. The molecule has 9 nitrogen and oxygen atoms in total. The van der Waals surface area contributed by atoms with Gasteiger partial charge in [-0.25, -0.2) is 4.79 Å². The maximum atomic E-state index is 12.4. The van der Waals surface area contributed by atoms with E-state index >= 15 is 0 Å². The monoisotopic (exact) mass is 615 g/mol. The Morgan fingerprint density at radius 3 is 2.14 bits per heavy atom. The lowest BCUT2D eigenvalue weighted by molar-refractivity contribution is -0.144. The number of aryl methyl sites for hydroxylation is 1. The fourth-order valence-electron chi connectivity index (χ4n) is 4.89. The first-order chi connectivity index (χ1) is 20.6. The second-order valence-corrected chi connectivity index (χ2v) is 12.8. The van der Waals surface area contributed by atoms with Gasteiger partial charge in [0.15, 0.2) is 11.5 Å². The third-order valence-electron chi connectivity index (χ3n) is 7.50. The molecule has 43 heavy (non-hydrogen) atoms. The second-order valence-electron chi connectivity index (χ2n) is 12.4. The van der Waals surface area contributed by atoms with Crippen molar-refractivity contribution in [1.29, 1.82) is 0 Å². The molecule has 0 unspecified atom stereocenters. The highest BCUT2D eigenvalue weighted by Gasteiger charge is 2.25. The molecule has 10 heteroatoms. The van der Waals surface area contributed by atoms with Crippen molar-refractivity contribution < 1.29 is 19.1 Å². The number of anilines is 1. The molecule has 1 amide bonds. The molecule has 0 spiro atoms. The largest absolute Gasteiger partial charge is 0.466 e. The van der Waals surface area contributed by atoms with E-state index < -0.39 is 6.09 Å². The van der Waals surface area contributed by atoms with Crippen molar-refractivity contribution in [1.82, 2.24) is 19.8 Å². The average molecular weight is 616 g/mol. The quantitative estimate of drug-likeness (QED) is 0.109. The van der Waals surface area contributed by atoms with Crippen molar-refractivity contribution in [2.75, 3.05) is 18.5 Å². The zero-order chi connectivity index (χ0) is 31.2. The number of H-pyrrole nitrogens is 1. The standard InChI is InChI=1S/C33H50ClN5O4/c1-6-7-8-9-10-11-12-13-14-15-16-17-21-42-27(40)20-22-43-32(41)35-26-23-25(19-18-24(26)2)30-36-31-28(34)29(33(3,4)5)37-39(31)38-30/h18-19,23H,6-17,20-22H2,1-5H3,(H,35,41)(H,36,38). The number of hydrogen-bond donors (Lipinski definition) is 2. The van der Waals surface area contributed by atoms with Crippen LogP contribution < -0.4 is 5.32 Å². The lowest BCUT2D eigenvalue weighted by atomic mass is 9.92. The number of ether oxygens (including phenoxy) is 2. The van der Waals surface area contributed by atoms with Gasteiger partial charge in [0.25, 0.3) is 0 Å². The molecule has 3 aromatic rings. The van der Waals surface area contributed by atoms with Crippen LogP contribution in [0.4, 0.5) is 10.5 Å². The number of hydrogen-bond acceptors (Lipinski definition) is 6. The first-order valence-corrected chi connectivity index (χ1v) is 16.3. The number of amides is 1. The zero-order valence-corrected chi connectivity index (χ0v) is 27.4. The summed E-state index contributed by atoms with van der Waals surface area (Å²) in [6.45, 7) is 10.6. The first kappa shape index (κ1) is 34.4. The molecule has 0 aliphatic rings. The topological polar surface area (TPSA) is 111 Å². The summed E-state index contributed by atoms with van der Waals surface area (Å²) in [5.41, 5.74) is 3.35. The van der Waals surface area contributed by atoms with Crippen LogP contribution in [0.25, 0.3) is 17.0 Å². The first-order valence-electron chi connectivity index (χ1n) is 16.0. The third-order valence-corrected chi connectivity index (χ3v) is 7.86. The van der Waals surface area contributed by atoms with E-state index in [1.54, 1.807) is 6.07 Å². The number of nitrogens with zero attached hydrogens (tertiary/aromatic N) is 3. The fraction of sp³-hybridized carbons (Fsp3) is 0.636. The molecule has 2 N–H and O–H groups in total. The maximum absolute atomic E-state index is 12.4. The van der Waals surface area contributed by atoms with Crippen LogP contribution in [0.15, 0.2) is 18.2 Å². The van der Waals surface area contributed by atoms with Gasteiger partial charge in [-0.3, -0.25) is 10.1 Å². The summed E-state index contributed by atoms with van der Waals surface area (Å²) in [4.78, 5) is 27.7. The van der Waals surface area contributed by atoms with E-state index in [1.807, 2.05) is 39.8 Å². The van der Waals surface area contributed by atoms with Gasteiger partial charge in [0, 0.05) is 16.7 Å². The number of halogens is 1. The minimum absolute atomic E-state index is 0.0220. The van der Waals surface area contributed by atoms with Crippen LogP contribution in [-0.2, 0) is 19.7 Å². The van der Waals surface area contributed by atoms with Gasteiger partial charge in [-0.05, 0) is 25.0 Å². The Kier molecular flexibility index (Phi) is 13.8. The molecule has 0 radical (unpaired) electrons. The number of rotatable bonds is 18. The Morgan fingerprint density at radius 2 is 1.53 bits per heavy atom. The van der Waals surface area contributed by atoms with Crippen LogP contribution in [0, 0.1) is 6.92 Å². The molecular weight excluding hydrogens is 566 g/mol. The number of benzene rings is 1. The lowest BCUT2D eigenvalue weighted by Gasteiger charge is -2.14. The molecule has 0 bridgehead atoms. The van der Waals surface area contributed by atoms with Gasteiger partial charge in [0.1, 0.15) is 11.6 Å². The van der Waals surface area contributed by atoms with Crippen LogP contribution in [0.1, 0.15) is 122 Å². The highest BCUT2D eigenvalue weighted by Crippen LogP contribution is 2.32. The van der Waals surface area contributed by atoms with E-state index in [-0.39, 0.29) is 24.4 Å². The molecule has 0 atom stereocenters. The number of carbonyl (C=O) groups excluding carboxylic acids is 2. The number of aromatic amines is 1. The molecule has 0 saturated heterocycles. The molecule has 238 valence electrons. The van der Waals surface area contributed by atoms with E-state index in [2.05, 4.69) is 27.4 Å². The van der Waals surface area contributed by atoms with Gasteiger partial charge in [-0.1, -0.05) is 122 Å². The number of aromatic nitrogens is 4. The molecule has 0 saturated carbocycles. The minimum Gasteiger partial charge on any atom is -0.466 e. The predicted molar refractivity (Wildman–Crippen MR) is 173 cm³/mol. The lowest BCUT2D eigenvalue weighted by Crippen LogP contribution is -2.17. The van der Waals surface area contributed by atoms with Gasteiger partial charge in [-0.2, -0.15) is 5.10 Å². The van der Waals surface area contributed by atoms with E-state index in [1.165, 1.54) is 68.8 Å². The summed E-state index contributed by atoms with van der Waals surface area (Å²) in [5, 5.41) is 12.4. The van der Waals surface area contributed by atoms with Crippen LogP contribution in [-0.4, -0.2) is 45.1 Å². The molecule has 2 heterocycles. The SMILES string of the molecule is CCCCCCCCCCCCCCOC(=O)CCOC(=O)Nc1cc(-c2nn3nc(C(C)(C)C)c(Cl)c3[nH]2)ccc1C. The number of carbonyl (C=O) groups is 2.